The van der Waals surface area contributed by atoms with Crippen molar-refractivity contribution in [3.05, 3.63) is 88.1 Å². The first-order chi connectivity index (χ1) is 14.4. The smallest absolute Gasteiger partial charge is 0.262 e. The number of rotatable bonds is 3. The van der Waals surface area contributed by atoms with Crippen molar-refractivity contribution in [2.75, 3.05) is 5.32 Å². The number of nitrogens with zero attached hydrogens (tertiary/aromatic N) is 2. The van der Waals surface area contributed by atoms with Gasteiger partial charge in [-0.15, -0.1) is 0 Å². The van der Waals surface area contributed by atoms with E-state index in [9.17, 15) is 9.90 Å². The Morgan fingerprint density at radius 1 is 1.10 bits per heavy atom. The van der Waals surface area contributed by atoms with Crippen molar-refractivity contribution in [2.45, 2.75) is 13.8 Å². The number of pyridine rings is 1. The molecule has 7 heteroatoms. The normalized spacial score (nSPS) is 11.6. The number of fused-ring (bicyclic) bond motifs is 1. The minimum absolute atomic E-state index is 0.0530. The maximum atomic E-state index is 13.0. The summed E-state index contributed by atoms with van der Waals surface area (Å²) in [4.78, 5) is 21.8. The van der Waals surface area contributed by atoms with Crippen LogP contribution in [0, 0.1) is 13.8 Å². The van der Waals surface area contributed by atoms with E-state index in [-0.39, 0.29) is 16.9 Å². The molecule has 2 heterocycles. The van der Waals surface area contributed by atoms with E-state index in [2.05, 4.69) is 15.3 Å². The number of aryl methyl sites for hydroxylation is 2. The van der Waals surface area contributed by atoms with Gasteiger partial charge >= 0.3 is 0 Å². The lowest BCUT2D eigenvalue weighted by molar-refractivity contribution is 0.102. The van der Waals surface area contributed by atoms with E-state index < -0.39 is 5.91 Å². The first kappa shape index (κ1) is 19.7. The Morgan fingerprint density at radius 2 is 1.93 bits per heavy atom. The van der Waals surface area contributed by atoms with Gasteiger partial charge in [0.15, 0.2) is 0 Å². The number of carbonyl (C=O) groups is 1. The molecule has 0 aliphatic carbocycles. The van der Waals surface area contributed by atoms with E-state index in [0.717, 1.165) is 11.1 Å². The number of phenols is 1. The Balaban J connectivity index is 1.88. The number of nitrogens with one attached hydrogen (secondary N) is 1. The van der Waals surface area contributed by atoms with Gasteiger partial charge in [-0.2, -0.15) is 0 Å². The Bertz CT molecular complexity index is 1330. The van der Waals surface area contributed by atoms with Gasteiger partial charge in [0.25, 0.3) is 5.91 Å². The predicted octanol–water partition coefficient (Wildman–Crippen LogP) is 5.29. The van der Waals surface area contributed by atoms with Crippen molar-refractivity contribution < 1.29 is 14.3 Å². The number of anilines is 1. The largest absolute Gasteiger partial charge is 0.508 e. The third-order valence-corrected chi connectivity index (χ3v) is 4.76. The molecule has 6 nitrogen and oxygen atoms in total. The molecule has 0 saturated carbocycles. The third-order valence-electron chi connectivity index (χ3n) is 4.52. The average Bonchev–Trinajstić information content (AvgIpc) is 2.72. The first-order valence-electron chi connectivity index (χ1n) is 9.21. The van der Waals surface area contributed by atoms with Crippen LogP contribution in [0.5, 0.6) is 5.75 Å². The maximum absolute atomic E-state index is 13.0. The molecule has 2 aromatic heterocycles. The topological polar surface area (TPSA) is 87.7 Å². The summed E-state index contributed by atoms with van der Waals surface area (Å²) in [6.07, 6.45) is 1.67. The molecule has 0 saturated heterocycles. The highest BCUT2D eigenvalue weighted by molar-refractivity contribution is 6.30. The van der Waals surface area contributed by atoms with Gasteiger partial charge in [-0.05, 0) is 61.4 Å². The number of benzene rings is 2. The molecule has 0 radical (unpaired) electrons. The summed E-state index contributed by atoms with van der Waals surface area (Å²) < 4.78 is 5.90. The molecule has 0 bridgehead atoms. The van der Waals surface area contributed by atoms with Crippen LogP contribution in [0.3, 0.4) is 0 Å². The van der Waals surface area contributed by atoms with Gasteiger partial charge in [-0.1, -0.05) is 23.7 Å². The van der Waals surface area contributed by atoms with Gasteiger partial charge < -0.3 is 14.8 Å². The van der Waals surface area contributed by atoms with Gasteiger partial charge in [0, 0.05) is 22.7 Å². The Kier molecular flexibility index (Phi) is 5.25. The zero-order valence-corrected chi connectivity index (χ0v) is 17.1. The highest BCUT2D eigenvalue weighted by atomic mass is 35.5. The van der Waals surface area contributed by atoms with Gasteiger partial charge in [-0.3, -0.25) is 4.79 Å². The minimum Gasteiger partial charge on any atom is -0.508 e. The summed E-state index contributed by atoms with van der Waals surface area (Å²) in [6.45, 7) is 3.80. The number of hydrogen-bond donors (Lipinski definition) is 2. The fourth-order valence-corrected chi connectivity index (χ4v) is 3.06. The predicted molar refractivity (Wildman–Crippen MR) is 116 cm³/mol. The lowest BCUT2D eigenvalue weighted by atomic mass is 10.1. The molecule has 4 aromatic rings. The Morgan fingerprint density at radius 3 is 2.70 bits per heavy atom. The quantitative estimate of drug-likeness (QED) is 0.472. The number of aromatic hydroxyl groups is 1. The van der Waals surface area contributed by atoms with E-state index in [1.54, 1.807) is 36.5 Å². The molecular weight excluding hydrogens is 402 g/mol. The molecule has 2 aromatic carbocycles. The highest BCUT2D eigenvalue weighted by Crippen LogP contribution is 2.24. The zero-order chi connectivity index (χ0) is 21.3. The number of carbonyl (C=O) groups excluding carboxylic acids is 1. The fraction of sp³-hybridized carbons (Fsp3) is 0.0870. The molecule has 30 heavy (non-hydrogen) atoms. The van der Waals surface area contributed by atoms with E-state index in [0.29, 0.717) is 27.5 Å². The third kappa shape index (κ3) is 4.18. The van der Waals surface area contributed by atoms with Crippen LogP contribution in [0.25, 0.3) is 11.0 Å². The molecular formula is C23H18ClN3O3. The van der Waals surface area contributed by atoms with Crippen LogP contribution in [-0.4, -0.2) is 16.0 Å². The number of phenolic OH excluding ortho intramolecular Hbond substituents is 1. The highest BCUT2D eigenvalue weighted by Gasteiger charge is 2.14. The summed E-state index contributed by atoms with van der Waals surface area (Å²) in [7, 11) is 0. The minimum atomic E-state index is -0.413. The van der Waals surface area contributed by atoms with Crippen LogP contribution in [0.15, 0.2) is 70.2 Å². The molecule has 150 valence electrons. The molecule has 0 fully saturated rings. The molecule has 0 aliphatic heterocycles. The maximum Gasteiger partial charge on any atom is 0.262 e. The van der Waals surface area contributed by atoms with Crippen LogP contribution in [0.4, 0.5) is 11.5 Å². The lowest BCUT2D eigenvalue weighted by Gasteiger charge is -2.07. The van der Waals surface area contributed by atoms with E-state index in [1.807, 2.05) is 26.0 Å². The number of halogens is 1. The molecule has 0 aliphatic rings. The number of amides is 1. The number of hydrogen-bond acceptors (Lipinski definition) is 5. The molecule has 1 amide bonds. The summed E-state index contributed by atoms with van der Waals surface area (Å²) >= 11 is 6.11. The van der Waals surface area contributed by atoms with Crippen LogP contribution < -0.4 is 10.9 Å². The van der Waals surface area contributed by atoms with Crippen LogP contribution in [0.1, 0.15) is 21.5 Å². The molecule has 0 atom stereocenters. The molecule has 2 N–H and O–H groups in total. The van der Waals surface area contributed by atoms with Gasteiger partial charge in [0.1, 0.15) is 22.7 Å². The van der Waals surface area contributed by atoms with Crippen molar-refractivity contribution in [2.24, 2.45) is 4.99 Å². The van der Waals surface area contributed by atoms with Gasteiger partial charge in [-0.25, -0.2) is 9.98 Å². The Labute approximate surface area is 177 Å². The summed E-state index contributed by atoms with van der Waals surface area (Å²) in [5.41, 5.74) is 3.17. The van der Waals surface area contributed by atoms with Crippen molar-refractivity contribution >= 4 is 40.0 Å². The average molecular weight is 420 g/mol. The molecule has 4 rings (SSSR count). The second kappa shape index (κ2) is 8.00. The van der Waals surface area contributed by atoms with Crippen LogP contribution >= 0.6 is 11.6 Å². The Hall–Kier alpha value is -3.64. The molecule has 0 unspecified atom stereocenters. The summed E-state index contributed by atoms with van der Waals surface area (Å²) in [6, 6.07) is 15.2. The van der Waals surface area contributed by atoms with Gasteiger partial charge in [0.2, 0.25) is 5.55 Å². The summed E-state index contributed by atoms with van der Waals surface area (Å²) in [5.74, 6) is 0.0574. The second-order valence-electron chi connectivity index (χ2n) is 6.90. The monoisotopic (exact) mass is 419 g/mol. The van der Waals surface area contributed by atoms with Gasteiger partial charge in [0.05, 0.1) is 5.69 Å². The van der Waals surface area contributed by atoms with Crippen LogP contribution in [0.2, 0.25) is 5.02 Å². The molecule has 0 spiro atoms. The fourth-order valence-electron chi connectivity index (χ4n) is 2.89. The van der Waals surface area contributed by atoms with Crippen molar-refractivity contribution in [3.63, 3.8) is 0 Å². The zero-order valence-electron chi connectivity index (χ0n) is 16.3. The van der Waals surface area contributed by atoms with E-state index in [4.69, 9.17) is 16.0 Å². The van der Waals surface area contributed by atoms with E-state index in [1.165, 1.54) is 12.1 Å². The van der Waals surface area contributed by atoms with Crippen molar-refractivity contribution in [1.29, 1.82) is 0 Å². The SMILES string of the molecule is Cc1ccc(NC(=O)c2cc3ccc(O)cc3oc2=Nc2cc(Cl)ccc2C)nc1. The standard InChI is InChI=1S/C23H18ClN3O3/c1-13-3-8-21(25-12-13)27-22(29)18-9-15-5-7-17(28)11-20(15)30-23(18)26-19-10-16(24)6-4-14(19)2/h3-12,28H,1-2H3,(H,25,27,29). The number of aromatic nitrogens is 1. The van der Waals surface area contributed by atoms with Crippen LogP contribution in [-0.2, 0) is 0 Å². The van der Waals surface area contributed by atoms with E-state index >= 15 is 0 Å². The lowest BCUT2D eigenvalue weighted by Crippen LogP contribution is -2.22. The second-order valence-corrected chi connectivity index (χ2v) is 7.34. The van der Waals surface area contributed by atoms with Crippen molar-refractivity contribution in [3.8, 4) is 5.75 Å². The first-order valence-corrected chi connectivity index (χ1v) is 9.58. The van der Waals surface area contributed by atoms with Crippen molar-refractivity contribution in [1.82, 2.24) is 4.98 Å². The summed E-state index contributed by atoms with van der Waals surface area (Å²) in [5, 5.41) is 13.7.